The molecule has 0 radical (unpaired) electrons. The van der Waals surface area contributed by atoms with E-state index in [1.165, 1.54) is 6.07 Å². The number of benzene rings is 2. The molecule has 5 nitrogen and oxygen atoms in total. The van der Waals surface area contributed by atoms with Gasteiger partial charge in [-0.3, -0.25) is 9.36 Å². The lowest BCUT2D eigenvalue weighted by atomic mass is 9.95. The fourth-order valence-corrected chi connectivity index (χ4v) is 3.85. The second-order valence-electron chi connectivity index (χ2n) is 7.02. The number of hydrogen-bond donors (Lipinski definition) is 1. The lowest BCUT2D eigenvalue weighted by molar-refractivity contribution is 0.0246. The van der Waals surface area contributed by atoms with Gasteiger partial charge >= 0.3 is 0 Å². The number of para-hydroxylation sites is 1. The summed E-state index contributed by atoms with van der Waals surface area (Å²) < 4.78 is 21.7. The molecule has 0 unspecified atom stereocenters. The van der Waals surface area contributed by atoms with Crippen molar-refractivity contribution in [3.8, 4) is 0 Å². The van der Waals surface area contributed by atoms with Crippen LogP contribution in [0.2, 0.25) is 5.02 Å². The zero-order chi connectivity index (χ0) is 19.7. The topological polar surface area (TPSA) is 56.2 Å². The van der Waals surface area contributed by atoms with Gasteiger partial charge in [0.1, 0.15) is 11.6 Å². The van der Waals surface area contributed by atoms with Gasteiger partial charge in [0.25, 0.3) is 5.56 Å². The highest BCUT2D eigenvalue weighted by molar-refractivity contribution is 6.30. The van der Waals surface area contributed by atoms with Crippen molar-refractivity contribution < 1.29 is 9.13 Å². The van der Waals surface area contributed by atoms with Crippen molar-refractivity contribution >= 4 is 34.9 Å². The van der Waals surface area contributed by atoms with Gasteiger partial charge in [0.05, 0.1) is 28.6 Å². The first-order valence-corrected chi connectivity index (χ1v) is 9.66. The number of hydrogen-bond acceptors (Lipinski definition) is 4. The molecule has 1 N–H and O–H groups in total. The Kier molecular flexibility index (Phi) is 6.90. The van der Waals surface area contributed by atoms with E-state index in [0.29, 0.717) is 43.0 Å². The molecule has 8 heteroatoms. The van der Waals surface area contributed by atoms with E-state index in [2.05, 4.69) is 10.3 Å². The minimum Gasteiger partial charge on any atom is -0.372 e. The molecule has 1 fully saturated rings. The second-order valence-corrected chi connectivity index (χ2v) is 7.43. The van der Waals surface area contributed by atoms with Gasteiger partial charge in [-0.15, -0.1) is 12.4 Å². The molecule has 4 rings (SSSR count). The van der Waals surface area contributed by atoms with E-state index < -0.39 is 5.82 Å². The summed E-state index contributed by atoms with van der Waals surface area (Å²) in [6, 6.07) is 12.1. The van der Waals surface area contributed by atoms with Crippen molar-refractivity contribution in [2.75, 3.05) is 19.7 Å². The average molecular weight is 438 g/mol. The summed E-state index contributed by atoms with van der Waals surface area (Å²) in [5.41, 5.74) is 1.33. The molecule has 0 bridgehead atoms. The van der Waals surface area contributed by atoms with Crippen molar-refractivity contribution in [2.24, 2.45) is 5.92 Å². The van der Waals surface area contributed by atoms with Crippen molar-refractivity contribution in [1.82, 2.24) is 14.9 Å². The maximum Gasteiger partial charge on any atom is 0.261 e. The zero-order valence-electron chi connectivity index (χ0n) is 15.9. The van der Waals surface area contributed by atoms with E-state index in [4.69, 9.17) is 16.3 Å². The van der Waals surface area contributed by atoms with Crippen LogP contribution in [0.3, 0.4) is 0 Å². The summed E-state index contributed by atoms with van der Waals surface area (Å²) in [5, 5.41) is 4.01. The number of halogens is 3. The third-order valence-electron chi connectivity index (χ3n) is 5.15. The number of aromatic nitrogens is 2. The van der Waals surface area contributed by atoms with E-state index in [-0.39, 0.29) is 35.0 Å². The predicted molar refractivity (Wildman–Crippen MR) is 114 cm³/mol. The van der Waals surface area contributed by atoms with Gasteiger partial charge in [0, 0.05) is 25.6 Å². The Hall–Kier alpha value is -1.99. The molecule has 0 spiro atoms. The van der Waals surface area contributed by atoms with Crippen molar-refractivity contribution in [3.63, 3.8) is 0 Å². The summed E-state index contributed by atoms with van der Waals surface area (Å²) in [6.07, 6.45) is -0.348. The molecule has 3 aromatic rings. The van der Waals surface area contributed by atoms with E-state index in [9.17, 15) is 9.18 Å². The maximum atomic E-state index is 14.0. The number of nitrogens with one attached hydrogen (secondary N) is 1. The van der Waals surface area contributed by atoms with Crippen LogP contribution in [0.1, 0.15) is 17.5 Å². The average Bonchev–Trinajstić information content (AvgIpc) is 2.93. The molecular formula is C21H22Cl2FN3O2. The summed E-state index contributed by atoms with van der Waals surface area (Å²) in [7, 11) is 0. The highest BCUT2D eigenvalue weighted by Gasteiger charge is 2.28. The van der Waals surface area contributed by atoms with Crippen LogP contribution in [-0.4, -0.2) is 29.2 Å². The van der Waals surface area contributed by atoms with Crippen LogP contribution < -0.4 is 10.9 Å². The van der Waals surface area contributed by atoms with E-state index in [1.54, 1.807) is 22.8 Å². The first-order valence-electron chi connectivity index (χ1n) is 9.28. The molecular weight excluding hydrogens is 416 g/mol. The highest BCUT2D eigenvalue weighted by atomic mass is 35.5. The van der Waals surface area contributed by atoms with Crippen LogP contribution in [-0.2, 0) is 11.3 Å². The Labute approximate surface area is 179 Å². The molecule has 154 valence electrons. The molecule has 29 heavy (non-hydrogen) atoms. The van der Waals surface area contributed by atoms with Gasteiger partial charge in [-0.2, -0.15) is 0 Å². The van der Waals surface area contributed by atoms with Crippen LogP contribution in [0, 0.1) is 18.7 Å². The molecule has 1 aliphatic heterocycles. The largest absolute Gasteiger partial charge is 0.372 e. The van der Waals surface area contributed by atoms with Gasteiger partial charge in [0.15, 0.2) is 0 Å². The van der Waals surface area contributed by atoms with Crippen LogP contribution in [0.25, 0.3) is 10.9 Å². The Bertz CT molecular complexity index is 1070. The van der Waals surface area contributed by atoms with Crippen LogP contribution >= 0.6 is 24.0 Å². The van der Waals surface area contributed by atoms with Crippen LogP contribution in [0.4, 0.5) is 4.39 Å². The van der Waals surface area contributed by atoms with Crippen molar-refractivity contribution in [2.45, 2.75) is 19.6 Å². The number of nitrogens with zero attached hydrogens (tertiary/aromatic N) is 2. The van der Waals surface area contributed by atoms with E-state index in [0.717, 1.165) is 5.56 Å². The Morgan fingerprint density at radius 3 is 2.90 bits per heavy atom. The summed E-state index contributed by atoms with van der Waals surface area (Å²) in [5.74, 6) is 0.107. The van der Waals surface area contributed by atoms with E-state index >= 15 is 0 Å². The third-order valence-corrected chi connectivity index (χ3v) is 5.46. The highest BCUT2D eigenvalue weighted by Crippen LogP contribution is 2.30. The smallest absolute Gasteiger partial charge is 0.261 e. The molecule has 0 saturated carbocycles. The molecule has 2 aromatic carbocycles. The van der Waals surface area contributed by atoms with Crippen LogP contribution in [0.5, 0.6) is 0 Å². The number of ether oxygens (including phenoxy) is 1. The first-order chi connectivity index (χ1) is 13.5. The van der Waals surface area contributed by atoms with Crippen LogP contribution in [0.15, 0.2) is 47.3 Å². The third kappa shape index (κ3) is 4.46. The molecule has 1 saturated heterocycles. The summed E-state index contributed by atoms with van der Waals surface area (Å²) >= 11 is 5.83. The monoisotopic (exact) mass is 437 g/mol. The van der Waals surface area contributed by atoms with Gasteiger partial charge in [0.2, 0.25) is 0 Å². The lowest BCUT2D eigenvalue weighted by Gasteiger charge is -2.26. The van der Waals surface area contributed by atoms with Crippen molar-refractivity contribution in [1.29, 1.82) is 0 Å². The van der Waals surface area contributed by atoms with E-state index in [1.807, 2.05) is 25.1 Å². The number of fused-ring (bicyclic) bond motifs is 1. The van der Waals surface area contributed by atoms with Gasteiger partial charge in [-0.1, -0.05) is 29.8 Å². The molecule has 2 atom stereocenters. The maximum absolute atomic E-state index is 14.0. The zero-order valence-corrected chi connectivity index (χ0v) is 17.5. The lowest BCUT2D eigenvalue weighted by Crippen LogP contribution is -2.33. The quantitative estimate of drug-likeness (QED) is 0.674. The Balaban J connectivity index is 0.00000240. The van der Waals surface area contributed by atoms with Gasteiger partial charge in [-0.05, 0) is 36.8 Å². The minimum atomic E-state index is -0.473. The standard InChI is InChI=1S/C21H21ClFN3O2.ClH/c1-13-25-19-5-3-2-4-16(19)21(27)26(13)12-15-11-24-8-9-28-20(15)14-6-7-17(22)18(23)10-14;/h2-7,10,15,20,24H,8-9,11-12H2,1H3;1H/t15-,20-;/m0./s1. The first kappa shape index (κ1) is 21.7. The molecule has 0 amide bonds. The molecule has 1 aromatic heterocycles. The molecule has 1 aliphatic rings. The normalized spacial score (nSPS) is 19.6. The SMILES string of the molecule is Cc1nc2ccccc2c(=O)n1C[C@@H]1CNCCO[C@H]1c1ccc(Cl)c(F)c1.Cl. The summed E-state index contributed by atoms with van der Waals surface area (Å²) in [6.45, 7) is 4.11. The molecule has 2 heterocycles. The fraction of sp³-hybridized carbons (Fsp3) is 0.333. The summed E-state index contributed by atoms with van der Waals surface area (Å²) in [4.78, 5) is 17.6. The number of aryl methyl sites for hydroxylation is 1. The Morgan fingerprint density at radius 2 is 2.10 bits per heavy atom. The predicted octanol–water partition coefficient (Wildman–Crippen LogP) is 3.90. The second kappa shape index (κ2) is 9.22. The molecule has 0 aliphatic carbocycles. The van der Waals surface area contributed by atoms with Crippen molar-refractivity contribution in [3.05, 3.63) is 75.0 Å². The minimum absolute atomic E-state index is 0. The number of rotatable bonds is 3. The van der Waals surface area contributed by atoms with Gasteiger partial charge < -0.3 is 10.1 Å². The fourth-order valence-electron chi connectivity index (χ4n) is 3.74. The van der Waals surface area contributed by atoms with Gasteiger partial charge in [-0.25, -0.2) is 9.37 Å². The Morgan fingerprint density at radius 1 is 1.31 bits per heavy atom.